The number of nitrogens with one attached hydrogen (secondary N) is 5. The second kappa shape index (κ2) is 7.43. The summed E-state index contributed by atoms with van der Waals surface area (Å²) < 4.78 is 13.6. The quantitative estimate of drug-likeness (QED) is 0.309. The van der Waals surface area contributed by atoms with Crippen molar-refractivity contribution < 1.29 is 9.18 Å². The van der Waals surface area contributed by atoms with Crippen LogP contribution in [0, 0.1) is 11.8 Å². The van der Waals surface area contributed by atoms with Gasteiger partial charge in [-0.05, 0) is 6.42 Å². The third-order valence-corrected chi connectivity index (χ3v) is 5.81. The lowest BCUT2D eigenvalue weighted by Gasteiger charge is -2.36. The summed E-state index contributed by atoms with van der Waals surface area (Å²) in [5, 5.41) is 9.96. The van der Waals surface area contributed by atoms with Gasteiger partial charge in [-0.3, -0.25) is 15.1 Å². The zero-order valence-corrected chi connectivity index (χ0v) is 14.9. The zero-order chi connectivity index (χ0) is 18.3. The van der Waals surface area contributed by atoms with E-state index in [9.17, 15) is 9.18 Å². The molecule has 7 unspecified atom stereocenters. The second-order valence-electron chi connectivity index (χ2n) is 7.50. The molecule has 0 aromatic heterocycles. The summed E-state index contributed by atoms with van der Waals surface area (Å²) in [6.45, 7) is 2.04. The van der Waals surface area contributed by atoms with Crippen molar-refractivity contribution in [1.29, 1.82) is 0 Å². The number of hydrogen-bond donors (Lipinski definition) is 6. The van der Waals surface area contributed by atoms with E-state index in [4.69, 9.17) is 5.73 Å². The Balaban J connectivity index is 1.44. The van der Waals surface area contributed by atoms with Gasteiger partial charge in [-0.2, -0.15) is 5.53 Å². The lowest BCUT2D eigenvalue weighted by molar-refractivity contribution is -0.127. The summed E-state index contributed by atoms with van der Waals surface area (Å²) in [4.78, 5) is 17.4. The summed E-state index contributed by atoms with van der Waals surface area (Å²) >= 11 is 0. The number of carbonyl (C=O) groups is 1. The number of aliphatic imine (C=N–C) groups is 1. The van der Waals surface area contributed by atoms with Gasteiger partial charge in [0.2, 0.25) is 5.91 Å². The third kappa shape index (κ3) is 3.36. The number of nitrogens with two attached hydrogens (primary N) is 1. The van der Waals surface area contributed by atoms with Crippen molar-refractivity contribution in [2.45, 2.75) is 37.0 Å². The molecule has 4 aliphatic heterocycles. The Labute approximate surface area is 152 Å². The molecule has 0 aliphatic carbocycles. The maximum absolute atomic E-state index is 13.6. The first-order valence-corrected chi connectivity index (χ1v) is 9.22. The van der Waals surface area contributed by atoms with Crippen LogP contribution < -0.4 is 32.8 Å². The number of nitrogens with zero attached hydrogens (tertiary/aromatic N) is 3. The number of fused-ring (bicyclic) bond motifs is 1. The standard InChI is InChI=1S/C15H28FN9O/c1-24-11(6-20-23-24)9-2-3-18-5-10(9)21-15(26)12-13(17)22-25-7-8(16)4-19-14(12)25/h5,8-14,19-20,22-23H,2-4,6-7,17H2,1H3,(H,21,26). The summed E-state index contributed by atoms with van der Waals surface area (Å²) in [6.07, 6.45) is 0.935. The minimum absolute atomic E-state index is 0.132. The molecule has 0 saturated carbocycles. The predicted molar refractivity (Wildman–Crippen MR) is 94.1 cm³/mol. The molecule has 7 atom stereocenters. The number of hydrogen-bond acceptors (Lipinski definition) is 9. The van der Waals surface area contributed by atoms with E-state index in [1.54, 1.807) is 5.01 Å². The van der Waals surface area contributed by atoms with Crippen molar-refractivity contribution in [3.05, 3.63) is 0 Å². The van der Waals surface area contributed by atoms with E-state index in [0.29, 0.717) is 0 Å². The van der Waals surface area contributed by atoms with Gasteiger partial charge in [-0.1, -0.05) is 0 Å². The topological polar surface area (TPSA) is 122 Å². The van der Waals surface area contributed by atoms with Gasteiger partial charge < -0.3 is 11.1 Å². The van der Waals surface area contributed by atoms with Crippen LogP contribution in [-0.4, -0.2) is 86.0 Å². The van der Waals surface area contributed by atoms with Crippen molar-refractivity contribution in [2.75, 3.05) is 33.2 Å². The lowest BCUT2D eigenvalue weighted by Crippen LogP contribution is -2.60. The average Bonchev–Trinajstić information content (AvgIpc) is 3.17. The molecule has 26 heavy (non-hydrogen) atoms. The van der Waals surface area contributed by atoms with E-state index in [0.717, 1.165) is 19.5 Å². The molecule has 4 rings (SSSR count). The molecular formula is C15H28FN9O. The lowest BCUT2D eigenvalue weighted by atomic mass is 9.86. The molecule has 11 heteroatoms. The van der Waals surface area contributed by atoms with Crippen LogP contribution >= 0.6 is 0 Å². The van der Waals surface area contributed by atoms with Crippen molar-refractivity contribution in [3.63, 3.8) is 0 Å². The summed E-state index contributed by atoms with van der Waals surface area (Å²) in [7, 11) is 1.99. The van der Waals surface area contributed by atoms with Crippen LogP contribution in [0.15, 0.2) is 4.99 Å². The first kappa shape index (κ1) is 18.2. The zero-order valence-electron chi connectivity index (χ0n) is 14.9. The van der Waals surface area contributed by atoms with Crippen LogP contribution in [0.2, 0.25) is 0 Å². The molecule has 0 aromatic rings. The molecule has 146 valence electrons. The maximum Gasteiger partial charge on any atom is 0.229 e. The van der Waals surface area contributed by atoms with Crippen LogP contribution in [0.3, 0.4) is 0 Å². The van der Waals surface area contributed by atoms with Crippen molar-refractivity contribution in [1.82, 2.24) is 37.0 Å². The maximum atomic E-state index is 13.6. The number of carbonyl (C=O) groups excluding carboxylic acids is 1. The molecule has 3 saturated heterocycles. The van der Waals surface area contributed by atoms with Crippen molar-refractivity contribution >= 4 is 12.1 Å². The van der Waals surface area contributed by atoms with E-state index in [1.807, 2.05) is 18.3 Å². The van der Waals surface area contributed by atoms with Crippen LogP contribution in [0.5, 0.6) is 0 Å². The highest BCUT2D eigenvalue weighted by molar-refractivity contribution is 5.84. The summed E-state index contributed by atoms with van der Waals surface area (Å²) in [5.74, 6) is -0.372. The minimum atomic E-state index is -0.972. The largest absolute Gasteiger partial charge is 0.348 e. The fourth-order valence-corrected chi connectivity index (χ4v) is 4.45. The third-order valence-electron chi connectivity index (χ3n) is 5.81. The highest BCUT2D eigenvalue weighted by Gasteiger charge is 2.48. The van der Waals surface area contributed by atoms with E-state index in [1.165, 1.54) is 0 Å². The normalized spacial score (nSPS) is 44.2. The number of hydrazine groups is 3. The molecule has 1 amide bonds. The first-order valence-electron chi connectivity index (χ1n) is 9.22. The van der Waals surface area contributed by atoms with E-state index in [-0.39, 0.29) is 43.2 Å². The van der Waals surface area contributed by atoms with Crippen molar-refractivity contribution in [2.24, 2.45) is 22.6 Å². The molecule has 0 radical (unpaired) electrons. The number of halogens is 1. The SMILES string of the molecule is CN1NNCC1C1CCN=CC1NC(=O)C1C(N)NN2CC(F)CNC12. The van der Waals surface area contributed by atoms with Crippen LogP contribution in [0.1, 0.15) is 6.42 Å². The highest BCUT2D eigenvalue weighted by Crippen LogP contribution is 2.25. The van der Waals surface area contributed by atoms with Gasteiger partial charge >= 0.3 is 0 Å². The van der Waals surface area contributed by atoms with E-state index < -0.39 is 18.3 Å². The number of alkyl halides is 1. The Kier molecular flexibility index (Phi) is 5.19. The smallest absolute Gasteiger partial charge is 0.229 e. The molecule has 0 spiro atoms. The van der Waals surface area contributed by atoms with E-state index in [2.05, 4.69) is 32.0 Å². The van der Waals surface area contributed by atoms with Gasteiger partial charge in [0.15, 0.2) is 0 Å². The Morgan fingerprint density at radius 1 is 1.42 bits per heavy atom. The highest BCUT2D eigenvalue weighted by atomic mass is 19.1. The monoisotopic (exact) mass is 369 g/mol. The predicted octanol–water partition coefficient (Wildman–Crippen LogP) is -3.13. The Hall–Kier alpha value is -1.21. The van der Waals surface area contributed by atoms with Crippen LogP contribution in [0.25, 0.3) is 0 Å². The van der Waals surface area contributed by atoms with E-state index >= 15 is 0 Å². The molecule has 4 aliphatic rings. The van der Waals surface area contributed by atoms with Gasteiger partial charge in [0.05, 0.1) is 24.3 Å². The summed E-state index contributed by atoms with van der Waals surface area (Å²) in [5.41, 5.74) is 15.4. The Bertz CT molecular complexity index is 563. The minimum Gasteiger partial charge on any atom is -0.348 e. The van der Waals surface area contributed by atoms with Crippen LogP contribution in [0.4, 0.5) is 4.39 Å². The fourth-order valence-electron chi connectivity index (χ4n) is 4.45. The molecule has 4 heterocycles. The summed E-state index contributed by atoms with van der Waals surface area (Å²) in [6, 6.07) is 0.114. The molecule has 3 fully saturated rings. The Morgan fingerprint density at radius 3 is 3.04 bits per heavy atom. The molecule has 0 bridgehead atoms. The number of amides is 1. The molecular weight excluding hydrogens is 341 g/mol. The Morgan fingerprint density at radius 2 is 2.27 bits per heavy atom. The van der Waals surface area contributed by atoms with Gasteiger partial charge in [0, 0.05) is 51.4 Å². The van der Waals surface area contributed by atoms with Crippen LogP contribution in [-0.2, 0) is 4.79 Å². The fraction of sp³-hybridized carbons (Fsp3) is 0.867. The van der Waals surface area contributed by atoms with Gasteiger partial charge in [0.25, 0.3) is 0 Å². The number of likely N-dealkylation sites (N-methyl/N-ethyl adjacent to an activating group) is 1. The second-order valence-corrected chi connectivity index (χ2v) is 7.50. The van der Waals surface area contributed by atoms with Crippen molar-refractivity contribution in [3.8, 4) is 0 Å². The molecule has 7 N–H and O–H groups in total. The van der Waals surface area contributed by atoms with Gasteiger partial charge in [-0.25, -0.2) is 25.3 Å². The molecule has 10 nitrogen and oxygen atoms in total. The average molecular weight is 369 g/mol. The number of rotatable bonds is 3. The van der Waals surface area contributed by atoms with Gasteiger partial charge in [-0.15, -0.1) is 0 Å². The first-order chi connectivity index (χ1) is 12.5. The molecule has 0 aromatic carbocycles. The van der Waals surface area contributed by atoms with Gasteiger partial charge in [0.1, 0.15) is 6.17 Å².